The van der Waals surface area contributed by atoms with E-state index in [1.165, 1.54) is 36.0 Å². The van der Waals surface area contributed by atoms with Crippen LogP contribution in [-0.4, -0.2) is 30.2 Å². The minimum atomic E-state index is -0.885. The number of aromatic nitrogens is 1. The van der Waals surface area contributed by atoms with E-state index in [1.54, 1.807) is 31.2 Å². The molecule has 0 N–H and O–H groups in total. The molecule has 1 atom stereocenters. The molecule has 218 valence electrons. The molecule has 0 fully saturated rings. The molecule has 3 aromatic carbocycles. The number of rotatable bonds is 9. The number of ether oxygens (including phenoxy) is 4. The molecule has 0 bridgehead atoms. The number of hydrogen-bond acceptors (Lipinski definition) is 9. The summed E-state index contributed by atoms with van der Waals surface area (Å²) >= 11 is 1.21. The summed E-state index contributed by atoms with van der Waals surface area (Å²) in [6.45, 7) is 6.58. The topological polar surface area (TPSA) is 105 Å². The largest absolute Gasteiger partial charge is 0.493 e. The van der Waals surface area contributed by atoms with E-state index in [9.17, 15) is 14.4 Å². The molecule has 0 saturated heterocycles. The number of methoxy groups -OCH3 is 1. The van der Waals surface area contributed by atoms with Crippen LogP contribution in [0, 0.1) is 0 Å². The van der Waals surface area contributed by atoms with Gasteiger partial charge in [-0.2, -0.15) is 0 Å². The molecular formula is C33H28N2O7S. The molecule has 10 heteroatoms. The minimum Gasteiger partial charge on any atom is -0.493 e. The number of thiazole rings is 1. The first kappa shape index (κ1) is 29.3. The van der Waals surface area contributed by atoms with Crippen molar-refractivity contribution in [3.05, 3.63) is 128 Å². The minimum absolute atomic E-state index is 0.0111. The summed E-state index contributed by atoms with van der Waals surface area (Å²) in [5.74, 6) is 0.642. The average molecular weight is 597 g/mol. The van der Waals surface area contributed by atoms with Crippen molar-refractivity contribution in [2.75, 3.05) is 13.7 Å². The normalized spacial score (nSPS) is 14.4. The van der Waals surface area contributed by atoms with Crippen LogP contribution in [0.3, 0.4) is 0 Å². The van der Waals surface area contributed by atoms with Crippen molar-refractivity contribution in [1.82, 2.24) is 4.57 Å². The van der Waals surface area contributed by atoms with E-state index in [1.807, 2.05) is 54.6 Å². The fourth-order valence-corrected chi connectivity index (χ4v) is 5.69. The molecule has 1 unspecified atom stereocenters. The first-order chi connectivity index (χ1) is 20.8. The van der Waals surface area contributed by atoms with Crippen molar-refractivity contribution in [2.45, 2.75) is 19.9 Å². The maximum atomic E-state index is 14.0. The third-order valence-corrected chi connectivity index (χ3v) is 7.45. The molecule has 4 aromatic rings. The van der Waals surface area contributed by atoms with Crippen LogP contribution in [0.4, 0.5) is 0 Å². The van der Waals surface area contributed by atoms with Gasteiger partial charge in [0.15, 0.2) is 16.3 Å². The van der Waals surface area contributed by atoms with Gasteiger partial charge in [-0.3, -0.25) is 14.2 Å². The average Bonchev–Trinajstić information content (AvgIpc) is 3.29. The molecule has 0 amide bonds. The third kappa shape index (κ3) is 6.34. The lowest BCUT2D eigenvalue weighted by Crippen LogP contribution is -2.40. The first-order valence-electron chi connectivity index (χ1n) is 13.3. The number of carbonyl (C=O) groups excluding carboxylic acids is 2. The maximum absolute atomic E-state index is 14.0. The van der Waals surface area contributed by atoms with Crippen molar-refractivity contribution in [3.8, 4) is 23.0 Å². The van der Waals surface area contributed by atoms with E-state index in [0.29, 0.717) is 32.1 Å². The molecule has 1 aliphatic rings. The molecule has 9 nitrogen and oxygen atoms in total. The van der Waals surface area contributed by atoms with Gasteiger partial charge in [0.05, 0.1) is 29.0 Å². The number of allylic oxidation sites excluding steroid dienone is 1. The summed E-state index contributed by atoms with van der Waals surface area (Å²) in [7, 11) is 1.44. The van der Waals surface area contributed by atoms with Gasteiger partial charge in [-0.05, 0) is 60.5 Å². The Bertz CT molecular complexity index is 1920. The summed E-state index contributed by atoms with van der Waals surface area (Å²) in [5, 5.41) is 0. The highest BCUT2D eigenvalue weighted by atomic mass is 32.1. The molecular weight excluding hydrogens is 568 g/mol. The van der Waals surface area contributed by atoms with Crippen LogP contribution < -0.4 is 29.1 Å². The molecule has 0 aliphatic carbocycles. The van der Waals surface area contributed by atoms with E-state index >= 15 is 0 Å². The van der Waals surface area contributed by atoms with Crippen LogP contribution in [-0.2, 0) is 14.3 Å². The zero-order chi connectivity index (χ0) is 30.5. The van der Waals surface area contributed by atoms with Gasteiger partial charge in [0.25, 0.3) is 5.56 Å². The second kappa shape index (κ2) is 12.7. The number of esters is 2. The summed E-state index contributed by atoms with van der Waals surface area (Å²) < 4.78 is 24.0. The summed E-state index contributed by atoms with van der Waals surface area (Å²) in [4.78, 5) is 43.9. The molecule has 5 rings (SSSR count). The highest BCUT2D eigenvalue weighted by molar-refractivity contribution is 7.07. The lowest BCUT2D eigenvalue weighted by molar-refractivity contribution is -0.138. The quantitative estimate of drug-likeness (QED) is 0.157. The van der Waals surface area contributed by atoms with Crippen LogP contribution in [0.15, 0.2) is 107 Å². The van der Waals surface area contributed by atoms with Gasteiger partial charge in [-0.25, -0.2) is 9.79 Å². The lowest BCUT2D eigenvalue weighted by Gasteiger charge is -2.25. The Balaban J connectivity index is 1.63. The van der Waals surface area contributed by atoms with Crippen molar-refractivity contribution >= 4 is 29.4 Å². The molecule has 43 heavy (non-hydrogen) atoms. The Kier molecular flexibility index (Phi) is 8.68. The van der Waals surface area contributed by atoms with Gasteiger partial charge in [0.2, 0.25) is 0 Å². The predicted molar refractivity (Wildman–Crippen MR) is 162 cm³/mol. The first-order valence-corrected chi connectivity index (χ1v) is 14.1. The second-order valence-electron chi connectivity index (χ2n) is 9.46. The number of nitrogens with zero attached hydrogens (tertiary/aromatic N) is 2. The summed E-state index contributed by atoms with van der Waals surface area (Å²) in [5.41, 5.74) is 1.56. The van der Waals surface area contributed by atoms with Gasteiger partial charge < -0.3 is 18.9 Å². The molecule has 2 heterocycles. The van der Waals surface area contributed by atoms with Gasteiger partial charge in [-0.1, -0.05) is 60.4 Å². The molecule has 1 aliphatic heterocycles. The molecule has 0 spiro atoms. The molecule has 1 aromatic heterocycles. The Morgan fingerprint density at radius 2 is 1.79 bits per heavy atom. The van der Waals surface area contributed by atoms with Gasteiger partial charge in [-0.15, -0.1) is 0 Å². The molecule has 0 radical (unpaired) electrons. The van der Waals surface area contributed by atoms with Gasteiger partial charge in [0.1, 0.15) is 18.1 Å². The number of fused-ring (bicyclic) bond motifs is 1. The fraction of sp³-hybridized carbons (Fsp3) is 0.152. The Labute approximate surface area is 251 Å². The summed E-state index contributed by atoms with van der Waals surface area (Å²) in [6, 6.07) is 20.8. The standard InChI is InChI=1S/C33H28N2O7S/c1-5-16-40-32(38)29-20(2)34-33-35(30(29)23-14-15-26(41-21(3)36)27(19-23)39-4)31(37)28(43-33)18-22-10-9-13-25(17-22)42-24-11-7-6-8-12-24/h5-15,17-19,30H,1,16H2,2-4H3. The van der Waals surface area contributed by atoms with Crippen molar-refractivity contribution in [3.63, 3.8) is 0 Å². The van der Waals surface area contributed by atoms with Crippen LogP contribution in [0.5, 0.6) is 23.0 Å². The maximum Gasteiger partial charge on any atom is 0.338 e. The van der Waals surface area contributed by atoms with E-state index in [4.69, 9.17) is 18.9 Å². The Morgan fingerprint density at radius 3 is 2.51 bits per heavy atom. The SMILES string of the molecule is C=CCOC(=O)C1=C(C)N=c2sc(=Cc3cccc(Oc4ccccc4)c3)c(=O)n2C1c1ccc(OC(C)=O)c(OC)c1. The number of benzene rings is 3. The number of hydrogen-bond donors (Lipinski definition) is 0. The van der Waals surface area contributed by atoms with E-state index in [0.717, 1.165) is 5.56 Å². The van der Waals surface area contributed by atoms with Crippen molar-refractivity contribution < 1.29 is 28.5 Å². The Hall–Kier alpha value is -5.22. The fourth-order valence-electron chi connectivity index (χ4n) is 4.65. The van der Waals surface area contributed by atoms with Crippen LogP contribution in [0.2, 0.25) is 0 Å². The van der Waals surface area contributed by atoms with Crippen LogP contribution in [0.1, 0.15) is 31.0 Å². The highest BCUT2D eigenvalue weighted by Gasteiger charge is 2.34. The monoisotopic (exact) mass is 596 g/mol. The third-order valence-electron chi connectivity index (χ3n) is 6.47. The van der Waals surface area contributed by atoms with E-state index in [-0.39, 0.29) is 29.2 Å². The Morgan fingerprint density at radius 1 is 1.02 bits per heavy atom. The van der Waals surface area contributed by atoms with Crippen LogP contribution in [0.25, 0.3) is 6.08 Å². The smallest absolute Gasteiger partial charge is 0.338 e. The zero-order valence-electron chi connectivity index (χ0n) is 23.7. The van der Waals surface area contributed by atoms with E-state index < -0.39 is 18.0 Å². The number of para-hydroxylation sites is 1. The van der Waals surface area contributed by atoms with Crippen LogP contribution >= 0.6 is 11.3 Å². The van der Waals surface area contributed by atoms with Gasteiger partial charge in [0, 0.05) is 6.92 Å². The van der Waals surface area contributed by atoms with Crippen molar-refractivity contribution in [1.29, 1.82) is 0 Å². The second-order valence-corrected chi connectivity index (χ2v) is 10.5. The lowest BCUT2D eigenvalue weighted by atomic mass is 9.95. The zero-order valence-corrected chi connectivity index (χ0v) is 24.6. The van der Waals surface area contributed by atoms with Crippen molar-refractivity contribution in [2.24, 2.45) is 4.99 Å². The van der Waals surface area contributed by atoms with Gasteiger partial charge >= 0.3 is 11.9 Å². The number of carbonyl (C=O) groups is 2. The predicted octanol–water partition coefficient (Wildman–Crippen LogP) is 4.69. The summed E-state index contributed by atoms with van der Waals surface area (Å²) in [6.07, 6.45) is 3.22. The molecule has 0 saturated carbocycles. The van der Waals surface area contributed by atoms with E-state index in [2.05, 4.69) is 11.6 Å². The highest BCUT2D eigenvalue weighted by Crippen LogP contribution is 2.36.